The average molecular weight is 420 g/mol. The van der Waals surface area contributed by atoms with Gasteiger partial charge in [0.1, 0.15) is 0 Å². The first kappa shape index (κ1) is 21.5. The van der Waals surface area contributed by atoms with Crippen molar-refractivity contribution in [2.45, 2.75) is 61.0 Å². The number of hydrogen-bond acceptors (Lipinski definition) is 2. The molecule has 2 nitrogen and oxygen atoms in total. The normalized spacial score (nSPS) is 14.6. The molecule has 1 amide bonds. The zero-order valence-electron chi connectivity index (χ0n) is 16.5. The van der Waals surface area contributed by atoms with Crippen LogP contribution in [0.5, 0.6) is 0 Å². The predicted octanol–water partition coefficient (Wildman–Crippen LogP) is 6.66. The Labute approximate surface area is 173 Å². The molecule has 0 spiro atoms. The lowest BCUT2D eigenvalue weighted by Crippen LogP contribution is -2.39. The van der Waals surface area contributed by atoms with Gasteiger partial charge in [-0.15, -0.1) is 0 Å². The Morgan fingerprint density at radius 1 is 1.14 bits per heavy atom. The van der Waals surface area contributed by atoms with E-state index in [4.69, 9.17) is 0 Å². The highest BCUT2D eigenvalue weighted by Crippen LogP contribution is 2.42. The van der Waals surface area contributed by atoms with Gasteiger partial charge >= 0.3 is 6.18 Å². The average Bonchev–Trinajstić information content (AvgIpc) is 2.63. The van der Waals surface area contributed by atoms with Gasteiger partial charge in [0.15, 0.2) is 0 Å². The van der Waals surface area contributed by atoms with E-state index in [0.717, 1.165) is 47.5 Å². The third-order valence-electron chi connectivity index (χ3n) is 5.11. The summed E-state index contributed by atoms with van der Waals surface area (Å²) in [5, 5.41) is 2.82. The number of hydrogen-bond donors (Lipinski definition) is 1. The van der Waals surface area contributed by atoms with E-state index in [-0.39, 0.29) is 28.0 Å². The molecule has 1 aliphatic rings. The van der Waals surface area contributed by atoms with Gasteiger partial charge in [0, 0.05) is 21.4 Å². The molecule has 0 unspecified atom stereocenters. The molecule has 2 aromatic rings. The largest absolute Gasteiger partial charge is 0.417 e. The van der Waals surface area contributed by atoms with Crippen LogP contribution in [0.15, 0.2) is 58.8 Å². The Morgan fingerprint density at radius 3 is 2.41 bits per heavy atom. The zero-order chi connectivity index (χ0) is 21.2. The van der Waals surface area contributed by atoms with E-state index in [2.05, 4.69) is 11.9 Å². The standard InChI is InChI=1S/C23H24F3NOS/c1-14(2)18-9-4-5-10-20(18)29-21-12-11-16(13-19(21)23(24,25)26)15(3)22(28)27-17-7-6-8-17/h4-5,9-14,17H,3,6-8H2,1-2H3,(H,27,28). The topological polar surface area (TPSA) is 29.1 Å². The monoisotopic (exact) mass is 419 g/mol. The van der Waals surface area contributed by atoms with Crippen molar-refractivity contribution in [3.05, 3.63) is 65.7 Å². The predicted molar refractivity (Wildman–Crippen MR) is 111 cm³/mol. The van der Waals surface area contributed by atoms with Crippen LogP contribution >= 0.6 is 11.8 Å². The molecular weight excluding hydrogens is 395 g/mol. The molecule has 6 heteroatoms. The van der Waals surface area contributed by atoms with Crippen LogP contribution in [-0.2, 0) is 11.0 Å². The second kappa shape index (κ2) is 8.66. The first-order valence-corrected chi connectivity index (χ1v) is 10.5. The molecule has 2 aromatic carbocycles. The van der Waals surface area contributed by atoms with Crippen LogP contribution in [0.1, 0.15) is 55.7 Å². The molecule has 1 saturated carbocycles. The first-order chi connectivity index (χ1) is 13.7. The van der Waals surface area contributed by atoms with Gasteiger partial charge in [-0.25, -0.2) is 0 Å². The lowest BCUT2D eigenvalue weighted by Gasteiger charge is -2.26. The summed E-state index contributed by atoms with van der Waals surface area (Å²) in [6.45, 7) is 7.75. The number of amides is 1. The highest BCUT2D eigenvalue weighted by Gasteiger charge is 2.34. The van der Waals surface area contributed by atoms with E-state index in [1.807, 2.05) is 38.1 Å². The lowest BCUT2D eigenvalue weighted by atomic mass is 9.92. The Bertz CT molecular complexity index is 917. The van der Waals surface area contributed by atoms with E-state index < -0.39 is 17.6 Å². The molecule has 0 saturated heterocycles. The summed E-state index contributed by atoms with van der Waals surface area (Å²) in [5.41, 5.74) is 0.493. The molecule has 0 atom stereocenters. The number of alkyl halides is 3. The van der Waals surface area contributed by atoms with Crippen molar-refractivity contribution in [1.82, 2.24) is 5.32 Å². The summed E-state index contributed by atoms with van der Waals surface area (Å²) in [4.78, 5) is 13.2. The Kier molecular flexibility index (Phi) is 6.42. The smallest absolute Gasteiger partial charge is 0.349 e. The summed E-state index contributed by atoms with van der Waals surface area (Å²) in [6, 6.07) is 11.6. The van der Waals surface area contributed by atoms with Crippen LogP contribution in [0.2, 0.25) is 0 Å². The molecule has 0 heterocycles. The van der Waals surface area contributed by atoms with Gasteiger partial charge < -0.3 is 5.32 Å². The van der Waals surface area contributed by atoms with Gasteiger partial charge in [-0.3, -0.25) is 4.79 Å². The van der Waals surface area contributed by atoms with Crippen LogP contribution in [0.25, 0.3) is 5.57 Å². The van der Waals surface area contributed by atoms with Gasteiger partial charge in [-0.05, 0) is 54.5 Å². The summed E-state index contributed by atoms with van der Waals surface area (Å²) in [5.74, 6) is -0.212. The van der Waals surface area contributed by atoms with Crippen molar-refractivity contribution in [1.29, 1.82) is 0 Å². The van der Waals surface area contributed by atoms with Crippen molar-refractivity contribution in [3.63, 3.8) is 0 Å². The minimum absolute atomic E-state index is 0.0570. The molecule has 0 bridgehead atoms. The molecule has 1 N–H and O–H groups in total. The number of nitrogens with one attached hydrogen (secondary N) is 1. The van der Waals surface area contributed by atoms with E-state index in [1.165, 1.54) is 12.1 Å². The summed E-state index contributed by atoms with van der Waals surface area (Å²) >= 11 is 1.10. The van der Waals surface area contributed by atoms with Crippen LogP contribution in [0.4, 0.5) is 13.2 Å². The third kappa shape index (κ3) is 5.04. The maximum absolute atomic E-state index is 13.8. The number of carbonyl (C=O) groups excluding carboxylic acids is 1. The van der Waals surface area contributed by atoms with E-state index in [9.17, 15) is 18.0 Å². The highest BCUT2D eigenvalue weighted by atomic mass is 32.2. The SMILES string of the molecule is C=C(C(=O)NC1CCC1)c1ccc(Sc2ccccc2C(C)C)c(C(F)(F)F)c1. The molecule has 0 radical (unpaired) electrons. The first-order valence-electron chi connectivity index (χ1n) is 9.65. The molecule has 29 heavy (non-hydrogen) atoms. The summed E-state index contributed by atoms with van der Waals surface area (Å²) in [7, 11) is 0. The minimum Gasteiger partial charge on any atom is -0.349 e. The number of halogens is 3. The maximum Gasteiger partial charge on any atom is 0.417 e. The summed E-state index contributed by atoms with van der Waals surface area (Å²) < 4.78 is 41.4. The molecule has 0 aliphatic heterocycles. The van der Waals surface area contributed by atoms with Crippen molar-refractivity contribution in [3.8, 4) is 0 Å². The van der Waals surface area contributed by atoms with Gasteiger partial charge in [0.05, 0.1) is 5.56 Å². The molecule has 1 fully saturated rings. The summed E-state index contributed by atoms with van der Waals surface area (Å²) in [6.07, 6.45) is -1.68. The Morgan fingerprint density at radius 2 is 1.83 bits per heavy atom. The number of benzene rings is 2. The van der Waals surface area contributed by atoms with Crippen LogP contribution in [0.3, 0.4) is 0 Å². The van der Waals surface area contributed by atoms with E-state index in [0.29, 0.717) is 0 Å². The lowest BCUT2D eigenvalue weighted by molar-refractivity contribution is -0.139. The van der Waals surface area contributed by atoms with Crippen molar-refractivity contribution in [2.75, 3.05) is 0 Å². The minimum atomic E-state index is -4.53. The van der Waals surface area contributed by atoms with Crippen LogP contribution in [0, 0.1) is 0 Å². The number of rotatable bonds is 6. The fourth-order valence-corrected chi connectivity index (χ4v) is 4.38. The van der Waals surface area contributed by atoms with Gasteiger partial charge in [0.2, 0.25) is 0 Å². The molecule has 0 aromatic heterocycles. The van der Waals surface area contributed by atoms with Crippen LogP contribution < -0.4 is 5.32 Å². The van der Waals surface area contributed by atoms with E-state index in [1.54, 1.807) is 0 Å². The quantitative estimate of drug-likeness (QED) is 0.530. The molecule has 3 rings (SSSR count). The number of carbonyl (C=O) groups is 1. The molecule has 154 valence electrons. The fraction of sp³-hybridized carbons (Fsp3) is 0.348. The molecular formula is C23H24F3NOS. The van der Waals surface area contributed by atoms with Gasteiger partial charge in [0.25, 0.3) is 5.91 Å². The van der Waals surface area contributed by atoms with Crippen LogP contribution in [-0.4, -0.2) is 11.9 Å². The second-order valence-electron chi connectivity index (χ2n) is 7.58. The zero-order valence-corrected chi connectivity index (χ0v) is 17.3. The Balaban J connectivity index is 1.91. The fourth-order valence-electron chi connectivity index (χ4n) is 3.15. The molecule has 1 aliphatic carbocycles. The van der Waals surface area contributed by atoms with Gasteiger partial charge in [-0.2, -0.15) is 13.2 Å². The highest BCUT2D eigenvalue weighted by molar-refractivity contribution is 7.99. The van der Waals surface area contributed by atoms with Crippen molar-refractivity contribution >= 4 is 23.2 Å². The third-order valence-corrected chi connectivity index (χ3v) is 6.28. The second-order valence-corrected chi connectivity index (χ2v) is 8.67. The van der Waals surface area contributed by atoms with Gasteiger partial charge in [-0.1, -0.05) is 56.5 Å². The van der Waals surface area contributed by atoms with E-state index >= 15 is 0 Å². The van der Waals surface area contributed by atoms with Crippen molar-refractivity contribution < 1.29 is 18.0 Å². The Hall–Kier alpha value is -2.21. The van der Waals surface area contributed by atoms with Crippen molar-refractivity contribution in [2.24, 2.45) is 0 Å². The maximum atomic E-state index is 13.8.